The first-order chi connectivity index (χ1) is 11.4. The van der Waals surface area contributed by atoms with Crippen molar-refractivity contribution < 1.29 is 15.3 Å². The zero-order valence-corrected chi connectivity index (χ0v) is 14.6. The van der Waals surface area contributed by atoms with E-state index < -0.39 is 18.2 Å². The van der Waals surface area contributed by atoms with Crippen LogP contribution >= 0.6 is 22.9 Å². The molecule has 0 amide bonds. The van der Waals surface area contributed by atoms with Crippen LogP contribution in [0.5, 0.6) is 0 Å². The number of aliphatic hydroxyl groups is 3. The molecular formula is C15H19ClN4O3S. The Balaban J connectivity index is 1.98. The number of hydrogen-bond donors (Lipinski definition) is 5. The number of rotatable bonds is 4. The average Bonchev–Trinajstić information content (AvgIpc) is 3.05. The van der Waals surface area contributed by atoms with E-state index in [0.717, 1.165) is 10.4 Å². The molecule has 7 nitrogen and oxygen atoms in total. The van der Waals surface area contributed by atoms with Crippen LogP contribution in [0.25, 0.3) is 10.4 Å². The molecule has 0 saturated heterocycles. The van der Waals surface area contributed by atoms with Crippen LogP contribution in [0, 0.1) is 12.8 Å². The van der Waals surface area contributed by atoms with Gasteiger partial charge in [0.25, 0.3) is 0 Å². The van der Waals surface area contributed by atoms with Crippen LogP contribution in [-0.2, 0) is 0 Å². The van der Waals surface area contributed by atoms with Crippen molar-refractivity contribution in [2.45, 2.75) is 31.6 Å². The minimum atomic E-state index is -1.02. The number of nitrogen functional groups attached to an aromatic ring is 1. The first-order valence-electron chi connectivity index (χ1n) is 7.53. The molecule has 0 aromatic carbocycles. The van der Waals surface area contributed by atoms with E-state index in [9.17, 15) is 15.3 Å². The van der Waals surface area contributed by atoms with E-state index >= 15 is 0 Å². The highest BCUT2D eigenvalue weighted by Crippen LogP contribution is 2.40. The summed E-state index contributed by atoms with van der Waals surface area (Å²) in [5, 5.41) is 34.8. The van der Waals surface area contributed by atoms with Gasteiger partial charge >= 0.3 is 0 Å². The molecule has 3 rings (SSSR count). The third-order valence-corrected chi connectivity index (χ3v) is 5.64. The number of hydrogen-bond acceptors (Lipinski definition) is 8. The standard InChI is InChI=1S/C15H19ClN4O3S/c1-6-2-3-24-12(6)9-13(16)19-15(17)20-14(9)18-8-4-7(5-21)10(22)11(8)23/h2-3,7-8,10-11,21-23H,4-5H2,1H3,(H3,17,18,19,20)/t7-,8-,10-,11+/m1/s1. The normalized spacial score (nSPS) is 26.7. The summed E-state index contributed by atoms with van der Waals surface area (Å²) in [5.41, 5.74) is 7.36. The Morgan fingerprint density at radius 3 is 2.71 bits per heavy atom. The van der Waals surface area contributed by atoms with Crippen LogP contribution < -0.4 is 11.1 Å². The quantitative estimate of drug-likeness (QED) is 0.513. The fraction of sp³-hybridized carbons (Fsp3) is 0.467. The Labute approximate surface area is 148 Å². The van der Waals surface area contributed by atoms with Crippen LogP contribution in [0.4, 0.5) is 11.8 Å². The van der Waals surface area contributed by atoms with Gasteiger partial charge in [0.15, 0.2) is 0 Å². The minimum absolute atomic E-state index is 0.0206. The molecule has 0 unspecified atom stereocenters. The van der Waals surface area contributed by atoms with Gasteiger partial charge in [0.1, 0.15) is 17.1 Å². The summed E-state index contributed by atoms with van der Waals surface area (Å²) in [4.78, 5) is 9.16. The van der Waals surface area contributed by atoms with Crippen molar-refractivity contribution in [1.82, 2.24) is 9.97 Å². The highest BCUT2D eigenvalue weighted by atomic mass is 35.5. The highest BCUT2D eigenvalue weighted by molar-refractivity contribution is 7.13. The smallest absolute Gasteiger partial charge is 0.223 e. The molecular weight excluding hydrogens is 352 g/mol. The number of thiophene rings is 1. The van der Waals surface area contributed by atoms with Gasteiger partial charge in [-0.1, -0.05) is 11.6 Å². The maximum Gasteiger partial charge on any atom is 0.223 e. The molecule has 0 radical (unpaired) electrons. The van der Waals surface area contributed by atoms with Crippen LogP contribution in [0.2, 0.25) is 5.15 Å². The Morgan fingerprint density at radius 2 is 2.12 bits per heavy atom. The number of nitrogens with zero attached hydrogens (tertiary/aromatic N) is 2. The molecule has 2 heterocycles. The Bertz CT molecular complexity index is 742. The van der Waals surface area contributed by atoms with E-state index in [2.05, 4.69) is 15.3 Å². The number of aliphatic hydroxyl groups excluding tert-OH is 3. The van der Waals surface area contributed by atoms with Crippen molar-refractivity contribution in [3.63, 3.8) is 0 Å². The van der Waals surface area contributed by atoms with Gasteiger partial charge in [0.05, 0.1) is 17.7 Å². The predicted octanol–water partition coefficient (Wildman–Crippen LogP) is 1.26. The summed E-state index contributed by atoms with van der Waals surface area (Å²) in [5.74, 6) is 0.0409. The molecule has 2 aromatic rings. The van der Waals surface area contributed by atoms with Gasteiger partial charge in [-0.05, 0) is 30.4 Å². The van der Waals surface area contributed by atoms with Crippen molar-refractivity contribution in [1.29, 1.82) is 0 Å². The number of nitrogens with two attached hydrogens (primary N) is 1. The van der Waals surface area contributed by atoms with E-state index in [4.69, 9.17) is 17.3 Å². The third kappa shape index (κ3) is 3.07. The summed E-state index contributed by atoms with van der Waals surface area (Å²) in [6.45, 7) is 1.76. The second-order valence-corrected chi connectivity index (χ2v) is 7.21. The molecule has 1 saturated carbocycles. The van der Waals surface area contributed by atoms with Crippen LogP contribution in [0.15, 0.2) is 11.4 Å². The monoisotopic (exact) mass is 370 g/mol. The molecule has 0 spiro atoms. The zero-order valence-electron chi connectivity index (χ0n) is 13.0. The summed E-state index contributed by atoms with van der Waals surface area (Å²) in [6, 6.07) is 1.49. The van der Waals surface area contributed by atoms with Gasteiger partial charge in [0.2, 0.25) is 5.95 Å². The average molecular weight is 371 g/mol. The van der Waals surface area contributed by atoms with Crippen molar-refractivity contribution >= 4 is 34.7 Å². The van der Waals surface area contributed by atoms with Gasteiger partial charge in [-0.2, -0.15) is 4.98 Å². The minimum Gasteiger partial charge on any atom is -0.396 e. The van der Waals surface area contributed by atoms with Crippen molar-refractivity contribution in [3.8, 4) is 10.4 Å². The lowest BCUT2D eigenvalue weighted by Gasteiger charge is -2.20. The van der Waals surface area contributed by atoms with Crippen LogP contribution in [0.3, 0.4) is 0 Å². The maximum absolute atomic E-state index is 10.2. The lowest BCUT2D eigenvalue weighted by molar-refractivity contribution is 0.00446. The molecule has 6 N–H and O–H groups in total. The third-order valence-electron chi connectivity index (χ3n) is 4.33. The molecule has 130 valence electrons. The predicted molar refractivity (Wildman–Crippen MR) is 94.1 cm³/mol. The second kappa shape index (κ2) is 6.81. The van der Waals surface area contributed by atoms with Crippen LogP contribution in [-0.4, -0.2) is 50.1 Å². The molecule has 2 aromatic heterocycles. The summed E-state index contributed by atoms with van der Waals surface area (Å²) >= 11 is 7.79. The largest absolute Gasteiger partial charge is 0.396 e. The van der Waals surface area contributed by atoms with Crippen molar-refractivity contribution in [2.75, 3.05) is 17.7 Å². The fourth-order valence-electron chi connectivity index (χ4n) is 3.01. The topological polar surface area (TPSA) is 125 Å². The van der Waals surface area contributed by atoms with Gasteiger partial charge in [-0.3, -0.25) is 0 Å². The van der Waals surface area contributed by atoms with E-state index in [-0.39, 0.29) is 23.6 Å². The lowest BCUT2D eigenvalue weighted by Crippen LogP contribution is -2.35. The fourth-order valence-corrected chi connectivity index (χ4v) is 4.31. The molecule has 0 bridgehead atoms. The Morgan fingerprint density at radius 1 is 1.38 bits per heavy atom. The molecule has 24 heavy (non-hydrogen) atoms. The second-order valence-electron chi connectivity index (χ2n) is 5.94. The maximum atomic E-state index is 10.2. The summed E-state index contributed by atoms with van der Waals surface area (Å²) in [6.07, 6.45) is -1.60. The molecule has 1 fully saturated rings. The Kier molecular flexibility index (Phi) is 4.93. The zero-order chi connectivity index (χ0) is 17.4. The Hall–Kier alpha value is -1.45. The van der Waals surface area contributed by atoms with Crippen LogP contribution in [0.1, 0.15) is 12.0 Å². The molecule has 1 aliphatic carbocycles. The number of anilines is 2. The first-order valence-corrected chi connectivity index (χ1v) is 8.79. The molecule has 0 aliphatic heterocycles. The van der Waals surface area contributed by atoms with Gasteiger partial charge in [-0.15, -0.1) is 11.3 Å². The highest BCUT2D eigenvalue weighted by Gasteiger charge is 2.41. The number of aryl methyl sites for hydroxylation is 1. The van der Waals surface area contributed by atoms with E-state index in [1.54, 1.807) is 0 Å². The van der Waals surface area contributed by atoms with Crippen molar-refractivity contribution in [2.24, 2.45) is 5.92 Å². The van der Waals surface area contributed by atoms with E-state index in [1.807, 2.05) is 18.4 Å². The number of halogens is 1. The molecule has 4 atom stereocenters. The number of nitrogens with one attached hydrogen (secondary N) is 1. The summed E-state index contributed by atoms with van der Waals surface area (Å²) in [7, 11) is 0. The van der Waals surface area contributed by atoms with Gasteiger partial charge in [-0.25, -0.2) is 4.98 Å². The van der Waals surface area contributed by atoms with Gasteiger partial charge < -0.3 is 26.4 Å². The van der Waals surface area contributed by atoms with E-state index in [1.165, 1.54) is 11.3 Å². The van der Waals surface area contributed by atoms with Crippen molar-refractivity contribution in [3.05, 3.63) is 22.2 Å². The molecule has 1 aliphatic rings. The SMILES string of the molecule is Cc1ccsc1-c1c(Cl)nc(N)nc1N[C@@H]1C[C@H](CO)[C@@H](O)[C@H]1O. The first kappa shape index (κ1) is 17.4. The number of aromatic nitrogens is 2. The lowest BCUT2D eigenvalue weighted by atomic mass is 10.1. The van der Waals surface area contributed by atoms with Gasteiger partial charge in [0, 0.05) is 17.4 Å². The summed E-state index contributed by atoms with van der Waals surface area (Å²) < 4.78 is 0. The molecule has 9 heteroatoms. The van der Waals surface area contributed by atoms with E-state index in [0.29, 0.717) is 17.8 Å².